The molecular weight excluding hydrogens is 425 g/mol. The summed E-state index contributed by atoms with van der Waals surface area (Å²) >= 11 is 0. The van der Waals surface area contributed by atoms with Gasteiger partial charge in [-0.1, -0.05) is 6.07 Å². The fourth-order valence-electron chi connectivity index (χ4n) is 4.43. The number of aromatic amines is 1. The summed E-state index contributed by atoms with van der Waals surface area (Å²) in [5.41, 5.74) is 9.61. The summed E-state index contributed by atoms with van der Waals surface area (Å²) in [5, 5.41) is 0. The minimum absolute atomic E-state index is 0.177. The Morgan fingerprint density at radius 2 is 1.97 bits per heavy atom. The predicted octanol–water partition coefficient (Wildman–Crippen LogP) is 4.10. The number of amides is 1. The van der Waals surface area contributed by atoms with E-state index in [4.69, 9.17) is 15.2 Å². The van der Waals surface area contributed by atoms with Crippen molar-refractivity contribution < 1.29 is 27.4 Å². The number of carbonyl (C=O) groups is 1. The van der Waals surface area contributed by atoms with E-state index in [2.05, 4.69) is 9.97 Å². The fraction of sp³-hybridized carbons (Fsp3) is 0.364. The van der Waals surface area contributed by atoms with Gasteiger partial charge in [0, 0.05) is 18.2 Å². The number of hydrogen-bond donors (Lipinski definition) is 2. The summed E-state index contributed by atoms with van der Waals surface area (Å²) in [5.74, 6) is 0.0451. The molecule has 2 aliphatic rings. The molecule has 5 rings (SSSR count). The van der Waals surface area contributed by atoms with Crippen LogP contribution in [0, 0.1) is 0 Å². The van der Waals surface area contributed by atoms with Gasteiger partial charge in [0.25, 0.3) is 5.91 Å². The van der Waals surface area contributed by atoms with Crippen molar-refractivity contribution in [1.82, 2.24) is 14.9 Å². The average molecular weight is 446 g/mol. The number of alkyl halides is 3. The first-order valence-corrected chi connectivity index (χ1v) is 10.1. The zero-order valence-electron chi connectivity index (χ0n) is 17.4. The maximum atomic E-state index is 13.3. The molecule has 0 spiro atoms. The van der Waals surface area contributed by atoms with Crippen molar-refractivity contribution in [2.24, 2.45) is 0 Å². The van der Waals surface area contributed by atoms with Crippen molar-refractivity contribution in [3.63, 3.8) is 0 Å². The minimum atomic E-state index is -4.45. The summed E-state index contributed by atoms with van der Waals surface area (Å²) in [7, 11) is 1.61. The largest absolute Gasteiger partial charge is 0.416 e. The summed E-state index contributed by atoms with van der Waals surface area (Å²) in [6.07, 6.45) is -4.96. The fourth-order valence-corrected chi connectivity index (χ4v) is 4.43. The lowest BCUT2D eigenvalue weighted by molar-refractivity contribution is -0.137. The second-order valence-electron chi connectivity index (χ2n) is 8.14. The number of nitrogens with one attached hydrogen (secondary N) is 1. The molecule has 0 radical (unpaired) electrons. The number of anilines is 1. The van der Waals surface area contributed by atoms with Crippen molar-refractivity contribution in [2.75, 3.05) is 19.4 Å². The molecule has 0 saturated heterocycles. The number of rotatable bonds is 2. The SMILES string of the molecule is C[C@@H]1OC[C@@H](N(C)C(=O)c2cc3nc(N)c4c(c3[nH]2)COC4)c2ccc(C(F)(F)F)cc21. The maximum absolute atomic E-state index is 13.3. The number of nitrogens with zero attached hydrogens (tertiary/aromatic N) is 2. The normalized spacial score (nSPS) is 20.3. The third-order valence-electron chi connectivity index (χ3n) is 6.24. The van der Waals surface area contributed by atoms with Crippen LogP contribution in [0.5, 0.6) is 0 Å². The first-order valence-electron chi connectivity index (χ1n) is 10.1. The molecule has 2 aliphatic heterocycles. The Hall–Kier alpha value is -3.11. The number of ether oxygens (including phenoxy) is 2. The van der Waals surface area contributed by atoms with Crippen molar-refractivity contribution in [3.05, 3.63) is 57.8 Å². The highest BCUT2D eigenvalue weighted by Gasteiger charge is 2.36. The molecule has 0 aliphatic carbocycles. The predicted molar refractivity (Wildman–Crippen MR) is 110 cm³/mol. The summed E-state index contributed by atoms with van der Waals surface area (Å²) in [6, 6.07) is 4.67. The standard InChI is InChI=1S/C22H21F3N4O3/c1-10-13-5-11(22(23,24)25)3-4-12(13)18(9-32-10)29(2)21(30)17-6-16-19(27-17)14-7-31-8-15(14)20(26)28-16/h3-6,10,18,27H,7-9H2,1-2H3,(H2,26,28)/t10-,18+/m0/s1. The van der Waals surface area contributed by atoms with E-state index in [0.29, 0.717) is 46.9 Å². The van der Waals surface area contributed by atoms with Gasteiger partial charge in [0.1, 0.15) is 11.5 Å². The Bertz CT molecular complexity index is 1240. The molecule has 7 nitrogen and oxygen atoms in total. The highest BCUT2D eigenvalue weighted by Crippen LogP contribution is 2.40. The lowest BCUT2D eigenvalue weighted by atomic mass is 9.92. The number of H-pyrrole nitrogens is 1. The van der Waals surface area contributed by atoms with Crippen LogP contribution < -0.4 is 5.73 Å². The molecule has 32 heavy (non-hydrogen) atoms. The number of benzene rings is 1. The summed E-state index contributed by atoms with van der Waals surface area (Å²) < 4.78 is 50.7. The topological polar surface area (TPSA) is 93.5 Å². The van der Waals surface area contributed by atoms with E-state index < -0.39 is 23.9 Å². The van der Waals surface area contributed by atoms with Crippen LogP contribution in [0.4, 0.5) is 19.0 Å². The lowest BCUT2D eigenvalue weighted by Crippen LogP contribution is -2.37. The van der Waals surface area contributed by atoms with Gasteiger partial charge in [-0.25, -0.2) is 4.98 Å². The number of pyridine rings is 1. The first kappa shape index (κ1) is 20.8. The van der Waals surface area contributed by atoms with Crippen LogP contribution in [-0.2, 0) is 28.9 Å². The van der Waals surface area contributed by atoms with E-state index in [0.717, 1.165) is 23.3 Å². The zero-order chi connectivity index (χ0) is 22.8. The number of aromatic nitrogens is 2. The molecule has 0 saturated carbocycles. The molecule has 168 valence electrons. The molecule has 4 heterocycles. The average Bonchev–Trinajstić information content (AvgIpc) is 3.39. The van der Waals surface area contributed by atoms with E-state index in [1.54, 1.807) is 20.0 Å². The molecule has 0 fully saturated rings. The van der Waals surface area contributed by atoms with Gasteiger partial charge in [-0.15, -0.1) is 0 Å². The van der Waals surface area contributed by atoms with Gasteiger partial charge in [-0.2, -0.15) is 13.2 Å². The molecular formula is C22H21F3N4O3. The lowest BCUT2D eigenvalue weighted by Gasteiger charge is -2.36. The van der Waals surface area contributed by atoms with Crippen molar-refractivity contribution in [2.45, 2.75) is 38.5 Å². The first-order chi connectivity index (χ1) is 15.1. The number of fused-ring (bicyclic) bond motifs is 4. The number of hydrogen-bond acceptors (Lipinski definition) is 5. The third-order valence-corrected chi connectivity index (χ3v) is 6.24. The highest BCUT2D eigenvalue weighted by molar-refractivity contribution is 5.98. The monoisotopic (exact) mass is 446 g/mol. The van der Waals surface area contributed by atoms with E-state index >= 15 is 0 Å². The molecule has 0 unspecified atom stereocenters. The number of carbonyl (C=O) groups excluding carboxylic acids is 1. The van der Waals surface area contributed by atoms with Gasteiger partial charge in [-0.05, 0) is 36.2 Å². The van der Waals surface area contributed by atoms with Crippen LogP contribution in [0.3, 0.4) is 0 Å². The molecule has 1 aromatic carbocycles. The summed E-state index contributed by atoms with van der Waals surface area (Å²) in [6.45, 7) is 2.64. The van der Waals surface area contributed by atoms with Crippen LogP contribution in [0.25, 0.3) is 11.0 Å². The second-order valence-corrected chi connectivity index (χ2v) is 8.14. The van der Waals surface area contributed by atoms with Crippen LogP contribution in [0.15, 0.2) is 24.3 Å². The molecule has 0 bridgehead atoms. The Kier molecular flexibility index (Phi) is 4.68. The van der Waals surface area contributed by atoms with Crippen LogP contribution in [0.1, 0.15) is 57.4 Å². The van der Waals surface area contributed by atoms with Crippen molar-refractivity contribution >= 4 is 22.8 Å². The Morgan fingerprint density at radius 1 is 1.22 bits per heavy atom. The van der Waals surface area contributed by atoms with E-state index in [1.807, 2.05) is 0 Å². The maximum Gasteiger partial charge on any atom is 0.416 e. The minimum Gasteiger partial charge on any atom is -0.383 e. The number of halogens is 3. The van der Waals surface area contributed by atoms with Crippen LogP contribution >= 0.6 is 0 Å². The van der Waals surface area contributed by atoms with Crippen molar-refractivity contribution in [1.29, 1.82) is 0 Å². The Morgan fingerprint density at radius 3 is 2.72 bits per heavy atom. The number of nitrogen functional groups attached to an aromatic ring is 1. The van der Waals surface area contributed by atoms with Crippen molar-refractivity contribution in [3.8, 4) is 0 Å². The number of nitrogens with two attached hydrogens (primary N) is 1. The zero-order valence-corrected chi connectivity index (χ0v) is 17.4. The molecule has 3 aromatic rings. The van der Waals surface area contributed by atoms with Crippen LogP contribution in [-0.4, -0.2) is 34.4 Å². The van der Waals surface area contributed by atoms with Gasteiger partial charge >= 0.3 is 6.18 Å². The highest BCUT2D eigenvalue weighted by atomic mass is 19.4. The summed E-state index contributed by atoms with van der Waals surface area (Å²) in [4.78, 5) is 22.3. The molecule has 2 atom stereocenters. The quantitative estimate of drug-likeness (QED) is 0.618. The van der Waals surface area contributed by atoms with Gasteiger partial charge in [0.2, 0.25) is 0 Å². The molecule has 2 aromatic heterocycles. The number of likely N-dealkylation sites (N-methyl/N-ethyl adjacent to an activating group) is 1. The van der Waals surface area contributed by atoms with Gasteiger partial charge < -0.3 is 25.1 Å². The Labute approximate surface area is 181 Å². The molecule has 10 heteroatoms. The Balaban J connectivity index is 1.49. The third kappa shape index (κ3) is 3.21. The van der Waals surface area contributed by atoms with Gasteiger partial charge in [-0.3, -0.25) is 4.79 Å². The van der Waals surface area contributed by atoms with E-state index in [9.17, 15) is 18.0 Å². The smallest absolute Gasteiger partial charge is 0.383 e. The van der Waals surface area contributed by atoms with Gasteiger partial charge in [0.15, 0.2) is 0 Å². The van der Waals surface area contributed by atoms with Gasteiger partial charge in [0.05, 0.1) is 48.6 Å². The molecule has 3 N–H and O–H groups in total. The van der Waals surface area contributed by atoms with E-state index in [1.165, 1.54) is 11.0 Å². The van der Waals surface area contributed by atoms with E-state index in [-0.39, 0.29) is 12.5 Å². The second kappa shape index (κ2) is 7.21. The molecule has 1 amide bonds. The van der Waals surface area contributed by atoms with Crippen LogP contribution in [0.2, 0.25) is 0 Å².